The number of carbonyl (C=O) groups excluding carboxylic acids is 1. The Hall–Kier alpha value is -2.12. The number of nitrogens with zero attached hydrogens (tertiary/aromatic N) is 1. The molecule has 2 N–H and O–H groups in total. The number of carboxylic acids is 1. The van der Waals surface area contributed by atoms with Crippen molar-refractivity contribution in [3.8, 4) is 10.6 Å². The number of ether oxygens (including phenoxy) is 1. The van der Waals surface area contributed by atoms with E-state index in [0.29, 0.717) is 15.6 Å². The Kier molecular flexibility index (Phi) is 4.91. The van der Waals surface area contributed by atoms with Crippen molar-refractivity contribution >= 4 is 40.0 Å². The maximum atomic E-state index is 11.8. The smallest absolute Gasteiger partial charge is 0.412 e. The van der Waals surface area contributed by atoms with Crippen molar-refractivity contribution in [2.75, 3.05) is 5.32 Å². The second-order valence-electron chi connectivity index (χ2n) is 5.64. The number of halogens is 1. The van der Waals surface area contributed by atoms with E-state index >= 15 is 0 Å². The third-order valence-corrected chi connectivity index (χ3v) is 3.81. The fourth-order valence-electron chi connectivity index (χ4n) is 1.66. The van der Waals surface area contributed by atoms with Gasteiger partial charge in [-0.2, -0.15) is 0 Å². The second kappa shape index (κ2) is 6.55. The molecule has 0 aliphatic carbocycles. The molecule has 23 heavy (non-hydrogen) atoms. The fourth-order valence-corrected chi connectivity index (χ4v) is 2.74. The first-order valence-corrected chi connectivity index (χ1v) is 7.85. The highest BCUT2D eigenvalue weighted by atomic mass is 35.5. The number of thiazole rings is 1. The van der Waals surface area contributed by atoms with Gasteiger partial charge in [-0.3, -0.25) is 5.32 Å². The standard InChI is InChI=1S/C15H15ClN2O4S/c1-15(2,3)22-14(21)18-12-10(13(19)20)17-11(23-12)8-4-6-9(16)7-5-8/h4-7H,1-3H3,(H,18,21)(H,19,20). The molecular formula is C15H15ClN2O4S. The molecule has 0 atom stereocenters. The first-order valence-electron chi connectivity index (χ1n) is 6.66. The minimum atomic E-state index is -1.23. The summed E-state index contributed by atoms with van der Waals surface area (Å²) in [5, 5.41) is 12.8. The van der Waals surface area contributed by atoms with Gasteiger partial charge in [-0.15, -0.1) is 0 Å². The normalized spacial score (nSPS) is 11.1. The van der Waals surface area contributed by atoms with Gasteiger partial charge >= 0.3 is 12.1 Å². The van der Waals surface area contributed by atoms with Crippen LogP contribution < -0.4 is 5.32 Å². The lowest BCUT2D eigenvalue weighted by Crippen LogP contribution is -2.27. The summed E-state index contributed by atoms with van der Waals surface area (Å²) in [6, 6.07) is 6.81. The average molecular weight is 355 g/mol. The molecule has 0 aliphatic rings. The van der Waals surface area contributed by atoms with Gasteiger partial charge in [-0.1, -0.05) is 35.1 Å². The Bertz CT molecular complexity index is 735. The first kappa shape index (κ1) is 17.2. The highest BCUT2D eigenvalue weighted by Gasteiger charge is 2.23. The Balaban J connectivity index is 2.30. The van der Waals surface area contributed by atoms with E-state index in [1.54, 1.807) is 45.0 Å². The van der Waals surface area contributed by atoms with Crippen LogP contribution in [0.25, 0.3) is 10.6 Å². The van der Waals surface area contributed by atoms with Gasteiger partial charge in [0.2, 0.25) is 0 Å². The van der Waals surface area contributed by atoms with Crippen LogP contribution >= 0.6 is 22.9 Å². The summed E-state index contributed by atoms with van der Waals surface area (Å²) < 4.78 is 5.13. The van der Waals surface area contributed by atoms with Gasteiger partial charge in [0, 0.05) is 10.6 Å². The molecule has 0 bridgehead atoms. The van der Waals surface area contributed by atoms with Crippen LogP contribution in [0.3, 0.4) is 0 Å². The van der Waals surface area contributed by atoms with Crippen molar-refractivity contribution in [3.63, 3.8) is 0 Å². The van der Waals surface area contributed by atoms with Crippen LogP contribution in [0.4, 0.5) is 9.80 Å². The molecule has 2 aromatic rings. The van der Waals surface area contributed by atoms with E-state index in [1.807, 2.05) is 0 Å². The van der Waals surface area contributed by atoms with Crippen molar-refractivity contribution in [2.24, 2.45) is 0 Å². The zero-order valence-electron chi connectivity index (χ0n) is 12.7. The van der Waals surface area contributed by atoms with E-state index in [9.17, 15) is 14.7 Å². The van der Waals surface area contributed by atoms with Gasteiger partial charge in [0.1, 0.15) is 15.6 Å². The second-order valence-corrected chi connectivity index (χ2v) is 7.07. The van der Waals surface area contributed by atoms with E-state index in [4.69, 9.17) is 16.3 Å². The minimum Gasteiger partial charge on any atom is -0.476 e. The monoisotopic (exact) mass is 354 g/mol. The van der Waals surface area contributed by atoms with Crippen molar-refractivity contribution in [1.82, 2.24) is 4.98 Å². The summed E-state index contributed by atoms with van der Waals surface area (Å²) in [6.07, 6.45) is -0.730. The summed E-state index contributed by atoms with van der Waals surface area (Å²) >= 11 is 6.89. The van der Waals surface area contributed by atoms with Crippen LogP contribution in [-0.2, 0) is 4.74 Å². The molecule has 1 amide bonds. The molecule has 2 rings (SSSR count). The third kappa shape index (κ3) is 4.67. The lowest BCUT2D eigenvalue weighted by Gasteiger charge is -2.19. The van der Waals surface area contributed by atoms with Crippen LogP contribution in [0.5, 0.6) is 0 Å². The molecule has 0 spiro atoms. The molecule has 8 heteroatoms. The largest absolute Gasteiger partial charge is 0.476 e. The number of hydrogen-bond donors (Lipinski definition) is 2. The Morgan fingerprint density at radius 3 is 2.39 bits per heavy atom. The molecule has 1 heterocycles. The summed E-state index contributed by atoms with van der Waals surface area (Å²) in [7, 11) is 0. The van der Waals surface area contributed by atoms with Gasteiger partial charge in [0.25, 0.3) is 0 Å². The summed E-state index contributed by atoms with van der Waals surface area (Å²) in [5.41, 5.74) is -0.207. The van der Waals surface area contributed by atoms with E-state index in [2.05, 4.69) is 10.3 Å². The van der Waals surface area contributed by atoms with Crippen LogP contribution in [-0.4, -0.2) is 27.8 Å². The molecule has 0 unspecified atom stereocenters. The number of amides is 1. The van der Waals surface area contributed by atoms with Gasteiger partial charge in [0.15, 0.2) is 5.69 Å². The van der Waals surface area contributed by atoms with E-state index < -0.39 is 17.7 Å². The number of carbonyl (C=O) groups is 2. The molecule has 0 aliphatic heterocycles. The number of rotatable bonds is 3. The van der Waals surface area contributed by atoms with Crippen LogP contribution in [0.15, 0.2) is 24.3 Å². The molecule has 0 saturated carbocycles. The van der Waals surface area contributed by atoms with Crippen LogP contribution in [0.2, 0.25) is 5.02 Å². The quantitative estimate of drug-likeness (QED) is 0.846. The zero-order valence-corrected chi connectivity index (χ0v) is 14.3. The Morgan fingerprint density at radius 1 is 1.26 bits per heavy atom. The van der Waals surface area contributed by atoms with E-state index in [1.165, 1.54) is 0 Å². The minimum absolute atomic E-state index is 0.122. The van der Waals surface area contributed by atoms with Crippen LogP contribution in [0, 0.1) is 0 Å². The van der Waals surface area contributed by atoms with E-state index in [0.717, 1.165) is 11.3 Å². The number of aromatic carboxylic acids is 1. The number of hydrogen-bond acceptors (Lipinski definition) is 5. The molecule has 0 fully saturated rings. The number of anilines is 1. The molecular weight excluding hydrogens is 340 g/mol. The topological polar surface area (TPSA) is 88.5 Å². The lowest BCUT2D eigenvalue weighted by atomic mass is 10.2. The third-order valence-electron chi connectivity index (χ3n) is 2.54. The molecule has 1 aromatic heterocycles. The van der Waals surface area contributed by atoms with Crippen LogP contribution in [0.1, 0.15) is 31.3 Å². The highest BCUT2D eigenvalue weighted by molar-refractivity contribution is 7.19. The van der Waals surface area contributed by atoms with Crippen molar-refractivity contribution in [3.05, 3.63) is 35.0 Å². The molecule has 6 nitrogen and oxygen atoms in total. The summed E-state index contributed by atoms with van der Waals surface area (Å²) in [6.45, 7) is 5.16. The summed E-state index contributed by atoms with van der Waals surface area (Å²) in [4.78, 5) is 27.2. The number of benzene rings is 1. The maximum Gasteiger partial charge on any atom is 0.412 e. The molecule has 122 valence electrons. The van der Waals surface area contributed by atoms with Crippen molar-refractivity contribution in [1.29, 1.82) is 0 Å². The first-order chi connectivity index (χ1) is 10.7. The zero-order chi connectivity index (χ0) is 17.2. The van der Waals surface area contributed by atoms with Gasteiger partial charge < -0.3 is 9.84 Å². The van der Waals surface area contributed by atoms with Gasteiger partial charge in [-0.25, -0.2) is 14.6 Å². The predicted molar refractivity (Wildman–Crippen MR) is 89.4 cm³/mol. The lowest BCUT2D eigenvalue weighted by molar-refractivity contribution is 0.0636. The number of nitrogens with one attached hydrogen (secondary N) is 1. The summed E-state index contributed by atoms with van der Waals surface area (Å²) in [5.74, 6) is -1.23. The fraction of sp³-hybridized carbons (Fsp3) is 0.267. The molecule has 1 aromatic carbocycles. The van der Waals surface area contributed by atoms with Crippen molar-refractivity contribution < 1.29 is 19.4 Å². The SMILES string of the molecule is CC(C)(C)OC(=O)Nc1sc(-c2ccc(Cl)cc2)nc1C(=O)O. The van der Waals surface area contributed by atoms with Gasteiger partial charge in [0.05, 0.1) is 0 Å². The van der Waals surface area contributed by atoms with Gasteiger partial charge in [-0.05, 0) is 32.9 Å². The number of aromatic nitrogens is 1. The number of carboxylic acid groups (broad SMARTS) is 1. The average Bonchev–Trinajstić information content (AvgIpc) is 2.81. The molecule has 0 saturated heterocycles. The van der Waals surface area contributed by atoms with E-state index in [-0.39, 0.29) is 10.7 Å². The molecule has 0 radical (unpaired) electrons. The predicted octanol–water partition coefficient (Wildman–Crippen LogP) is 4.51. The highest BCUT2D eigenvalue weighted by Crippen LogP contribution is 2.33. The Morgan fingerprint density at radius 2 is 1.87 bits per heavy atom. The maximum absolute atomic E-state index is 11.8. The van der Waals surface area contributed by atoms with Crippen molar-refractivity contribution in [2.45, 2.75) is 26.4 Å². The Labute approximate surface area is 142 Å².